The second kappa shape index (κ2) is 6.52. The van der Waals surface area contributed by atoms with Gasteiger partial charge in [0.25, 0.3) is 0 Å². The summed E-state index contributed by atoms with van der Waals surface area (Å²) in [6.07, 6.45) is 0. The number of hydrogen-bond donors (Lipinski definition) is 1. The SMILES string of the molecule is COc1c(C)c(C(=O)O)c(C)c(C)c1C(=O)Oc1ccccc1. The lowest BCUT2D eigenvalue weighted by molar-refractivity contribution is 0.0687. The van der Waals surface area contributed by atoms with E-state index in [1.165, 1.54) is 7.11 Å². The molecule has 5 nitrogen and oxygen atoms in total. The molecule has 0 spiro atoms. The van der Waals surface area contributed by atoms with E-state index >= 15 is 0 Å². The smallest absolute Gasteiger partial charge is 0.347 e. The summed E-state index contributed by atoms with van der Waals surface area (Å²) >= 11 is 0. The second-order valence-electron chi connectivity index (χ2n) is 5.17. The van der Waals surface area contributed by atoms with Crippen molar-refractivity contribution in [2.75, 3.05) is 7.11 Å². The minimum absolute atomic E-state index is 0.149. The predicted octanol–water partition coefficient (Wildman–Crippen LogP) is 3.54. The van der Waals surface area contributed by atoms with E-state index in [1.54, 1.807) is 45.0 Å². The number of carbonyl (C=O) groups is 2. The topological polar surface area (TPSA) is 72.8 Å². The molecule has 5 heteroatoms. The summed E-state index contributed by atoms with van der Waals surface area (Å²) in [6, 6.07) is 8.68. The molecule has 2 aromatic carbocycles. The van der Waals surface area contributed by atoms with Crippen molar-refractivity contribution in [1.82, 2.24) is 0 Å². The third-order valence-electron chi connectivity index (χ3n) is 3.83. The number of carboxylic acids is 1. The molecule has 23 heavy (non-hydrogen) atoms. The molecule has 120 valence electrons. The van der Waals surface area contributed by atoms with Crippen molar-refractivity contribution in [2.24, 2.45) is 0 Å². The molecule has 0 aliphatic carbocycles. The first kappa shape index (κ1) is 16.5. The van der Waals surface area contributed by atoms with E-state index in [-0.39, 0.29) is 16.9 Å². The minimum Gasteiger partial charge on any atom is -0.496 e. The molecule has 0 heterocycles. The maximum absolute atomic E-state index is 12.6. The highest BCUT2D eigenvalue weighted by molar-refractivity contribution is 6.00. The van der Waals surface area contributed by atoms with Crippen molar-refractivity contribution in [3.05, 3.63) is 58.1 Å². The van der Waals surface area contributed by atoms with E-state index in [1.807, 2.05) is 6.07 Å². The van der Waals surface area contributed by atoms with Crippen LogP contribution >= 0.6 is 0 Å². The van der Waals surface area contributed by atoms with Crippen molar-refractivity contribution < 1.29 is 24.2 Å². The fourth-order valence-electron chi connectivity index (χ4n) is 2.60. The fourth-order valence-corrected chi connectivity index (χ4v) is 2.60. The third-order valence-corrected chi connectivity index (χ3v) is 3.83. The van der Waals surface area contributed by atoms with Gasteiger partial charge in [-0.2, -0.15) is 0 Å². The highest BCUT2D eigenvalue weighted by Gasteiger charge is 2.26. The molecule has 0 saturated heterocycles. The van der Waals surface area contributed by atoms with Crippen LogP contribution in [0.25, 0.3) is 0 Å². The monoisotopic (exact) mass is 314 g/mol. The predicted molar refractivity (Wildman–Crippen MR) is 85.6 cm³/mol. The lowest BCUT2D eigenvalue weighted by Gasteiger charge is -2.18. The van der Waals surface area contributed by atoms with E-state index < -0.39 is 11.9 Å². The van der Waals surface area contributed by atoms with Gasteiger partial charge in [-0.05, 0) is 44.0 Å². The first-order valence-corrected chi connectivity index (χ1v) is 7.06. The number of rotatable bonds is 4. The van der Waals surface area contributed by atoms with Crippen LogP contribution in [0, 0.1) is 20.8 Å². The Morgan fingerprint density at radius 2 is 1.48 bits per heavy atom. The highest BCUT2D eigenvalue weighted by atomic mass is 16.5. The van der Waals surface area contributed by atoms with Crippen molar-refractivity contribution in [3.8, 4) is 11.5 Å². The molecule has 0 aliphatic rings. The third kappa shape index (κ3) is 3.04. The van der Waals surface area contributed by atoms with Crippen LogP contribution in [-0.2, 0) is 0 Å². The van der Waals surface area contributed by atoms with Gasteiger partial charge in [0.05, 0.1) is 12.7 Å². The van der Waals surface area contributed by atoms with Crippen LogP contribution in [0.1, 0.15) is 37.4 Å². The number of esters is 1. The van der Waals surface area contributed by atoms with Gasteiger partial charge in [0.2, 0.25) is 0 Å². The molecule has 0 saturated carbocycles. The van der Waals surface area contributed by atoms with Gasteiger partial charge in [-0.15, -0.1) is 0 Å². The fraction of sp³-hybridized carbons (Fsp3) is 0.222. The molecule has 0 fully saturated rings. The zero-order valence-electron chi connectivity index (χ0n) is 13.5. The van der Waals surface area contributed by atoms with Gasteiger partial charge in [-0.1, -0.05) is 18.2 Å². The molecular weight excluding hydrogens is 296 g/mol. The number of ether oxygens (including phenoxy) is 2. The van der Waals surface area contributed by atoms with Gasteiger partial charge in [-0.25, -0.2) is 9.59 Å². The average Bonchev–Trinajstić information content (AvgIpc) is 2.51. The van der Waals surface area contributed by atoms with Crippen LogP contribution in [0.15, 0.2) is 30.3 Å². The molecule has 0 aliphatic heterocycles. The number of methoxy groups -OCH3 is 1. The van der Waals surface area contributed by atoms with Crippen LogP contribution in [0.2, 0.25) is 0 Å². The first-order valence-electron chi connectivity index (χ1n) is 7.06. The summed E-state index contributed by atoms with van der Waals surface area (Å²) in [5.74, 6) is -0.985. The minimum atomic E-state index is -1.05. The van der Waals surface area contributed by atoms with Crippen molar-refractivity contribution in [2.45, 2.75) is 20.8 Å². The Morgan fingerprint density at radius 3 is 2.00 bits per heavy atom. The molecule has 0 unspecified atom stereocenters. The summed E-state index contributed by atoms with van der Waals surface area (Å²) in [5.41, 5.74) is 1.86. The van der Waals surface area contributed by atoms with Gasteiger partial charge in [0.15, 0.2) is 0 Å². The number of aromatic carboxylic acids is 1. The summed E-state index contributed by atoms with van der Waals surface area (Å²) in [4.78, 5) is 24.0. The lowest BCUT2D eigenvalue weighted by Crippen LogP contribution is -2.17. The van der Waals surface area contributed by atoms with E-state index in [4.69, 9.17) is 9.47 Å². The van der Waals surface area contributed by atoms with Gasteiger partial charge < -0.3 is 14.6 Å². The summed E-state index contributed by atoms with van der Waals surface area (Å²) in [6.45, 7) is 4.98. The largest absolute Gasteiger partial charge is 0.496 e. The number of benzene rings is 2. The van der Waals surface area contributed by atoms with Crippen molar-refractivity contribution in [3.63, 3.8) is 0 Å². The first-order chi connectivity index (χ1) is 10.9. The van der Waals surface area contributed by atoms with Crippen molar-refractivity contribution in [1.29, 1.82) is 0 Å². The van der Waals surface area contributed by atoms with Crippen LogP contribution < -0.4 is 9.47 Å². The summed E-state index contributed by atoms with van der Waals surface area (Å²) in [7, 11) is 1.40. The standard InChI is InChI=1S/C18H18O5/c1-10-11(2)15(16(22-4)12(3)14(10)17(19)20)18(21)23-13-8-6-5-7-9-13/h5-9H,1-4H3,(H,19,20). The van der Waals surface area contributed by atoms with Gasteiger partial charge in [-0.3, -0.25) is 0 Å². The summed E-state index contributed by atoms with van der Waals surface area (Å²) in [5, 5.41) is 9.38. The Balaban J connectivity index is 2.58. The van der Waals surface area contributed by atoms with Crippen LogP contribution in [0.4, 0.5) is 0 Å². The molecule has 2 rings (SSSR count). The lowest BCUT2D eigenvalue weighted by atomic mass is 9.92. The molecule has 2 aromatic rings. The Labute approximate surface area is 134 Å². The molecule has 0 amide bonds. The number of para-hydroxylation sites is 1. The van der Waals surface area contributed by atoms with Gasteiger partial charge in [0, 0.05) is 5.56 Å². The average molecular weight is 314 g/mol. The second-order valence-corrected chi connectivity index (χ2v) is 5.17. The Morgan fingerprint density at radius 1 is 0.913 bits per heavy atom. The zero-order chi connectivity index (χ0) is 17.1. The highest BCUT2D eigenvalue weighted by Crippen LogP contribution is 2.34. The quantitative estimate of drug-likeness (QED) is 0.690. The zero-order valence-corrected chi connectivity index (χ0v) is 13.5. The Hall–Kier alpha value is -2.82. The molecular formula is C18H18O5. The Bertz CT molecular complexity index is 763. The number of carboxylic acid groups (broad SMARTS) is 1. The van der Waals surface area contributed by atoms with Gasteiger partial charge in [0.1, 0.15) is 17.1 Å². The maximum atomic E-state index is 12.6. The number of carbonyl (C=O) groups excluding carboxylic acids is 1. The molecule has 0 bridgehead atoms. The van der Waals surface area contributed by atoms with Gasteiger partial charge >= 0.3 is 11.9 Å². The van der Waals surface area contributed by atoms with Crippen LogP contribution in [-0.4, -0.2) is 24.2 Å². The van der Waals surface area contributed by atoms with E-state index in [9.17, 15) is 14.7 Å². The van der Waals surface area contributed by atoms with E-state index in [0.717, 1.165) is 0 Å². The molecule has 0 radical (unpaired) electrons. The van der Waals surface area contributed by atoms with Crippen LogP contribution in [0.3, 0.4) is 0 Å². The molecule has 1 N–H and O–H groups in total. The maximum Gasteiger partial charge on any atom is 0.347 e. The number of hydrogen-bond acceptors (Lipinski definition) is 4. The van der Waals surface area contributed by atoms with E-state index in [2.05, 4.69) is 0 Å². The van der Waals surface area contributed by atoms with E-state index in [0.29, 0.717) is 22.4 Å². The molecule has 0 aromatic heterocycles. The normalized spacial score (nSPS) is 10.3. The molecule has 0 atom stereocenters. The van der Waals surface area contributed by atoms with Crippen LogP contribution in [0.5, 0.6) is 11.5 Å². The summed E-state index contributed by atoms with van der Waals surface area (Å²) < 4.78 is 10.7. The van der Waals surface area contributed by atoms with Crippen molar-refractivity contribution >= 4 is 11.9 Å². The Kier molecular flexibility index (Phi) is 4.69.